The number of aliphatic imine (C=N–C) groups is 1. The van der Waals surface area contributed by atoms with Crippen LogP contribution in [-0.4, -0.2) is 128 Å². The second kappa shape index (κ2) is 26.4. The van der Waals surface area contributed by atoms with Gasteiger partial charge in [0, 0.05) is 25.7 Å². The summed E-state index contributed by atoms with van der Waals surface area (Å²) >= 11 is 0. The molecule has 14 nitrogen and oxygen atoms in total. The molecule has 0 atom stereocenters. The minimum absolute atomic E-state index is 0.217. The van der Waals surface area contributed by atoms with Gasteiger partial charge in [-0.25, -0.2) is 0 Å². The number of hydrogen-bond donors (Lipinski definition) is 4. The zero-order chi connectivity index (χ0) is 25.8. The molecule has 0 spiro atoms. The van der Waals surface area contributed by atoms with E-state index in [9.17, 15) is 9.59 Å². The van der Waals surface area contributed by atoms with Crippen LogP contribution in [0.2, 0.25) is 0 Å². The van der Waals surface area contributed by atoms with Crippen LogP contribution < -0.4 is 16.9 Å². The van der Waals surface area contributed by atoms with Crippen molar-refractivity contribution in [2.24, 2.45) is 21.7 Å². The molecule has 0 aromatic heterocycles. The minimum Gasteiger partial charge on any atom is -0.387 e. The van der Waals surface area contributed by atoms with E-state index in [1.165, 1.54) is 6.21 Å². The Bertz CT molecular complexity index is 579. The van der Waals surface area contributed by atoms with Gasteiger partial charge in [-0.1, -0.05) is 0 Å². The molecule has 0 aliphatic heterocycles. The van der Waals surface area contributed by atoms with Gasteiger partial charge in [0.15, 0.2) is 0 Å². The van der Waals surface area contributed by atoms with E-state index in [4.69, 9.17) is 45.1 Å². The van der Waals surface area contributed by atoms with E-state index in [2.05, 4.69) is 15.4 Å². The largest absolute Gasteiger partial charge is 0.387 e. The van der Waals surface area contributed by atoms with Gasteiger partial charge < -0.3 is 50.4 Å². The van der Waals surface area contributed by atoms with Crippen LogP contribution in [0.15, 0.2) is 10.1 Å². The van der Waals surface area contributed by atoms with Crippen LogP contribution in [0.25, 0.3) is 0 Å². The monoisotopic (exact) mass is 507 g/mol. The summed E-state index contributed by atoms with van der Waals surface area (Å²) in [7, 11) is 0. The first kappa shape index (κ1) is 32.8. The highest BCUT2D eigenvalue weighted by Gasteiger charge is 1.99. The number of amides is 2. The first-order valence-electron chi connectivity index (χ1n) is 11.5. The molecular formula is C21H41N5O9. The highest BCUT2D eigenvalue weighted by atomic mass is 16.6. The summed E-state index contributed by atoms with van der Waals surface area (Å²) in [5, 5.41) is 14.6. The van der Waals surface area contributed by atoms with Gasteiger partial charge in [-0.15, -0.1) is 0 Å². The molecule has 0 bridgehead atoms. The van der Waals surface area contributed by atoms with Crippen molar-refractivity contribution >= 4 is 23.7 Å². The van der Waals surface area contributed by atoms with Crippen molar-refractivity contribution in [2.75, 3.05) is 99.0 Å². The number of primary amides is 1. The van der Waals surface area contributed by atoms with Gasteiger partial charge in [-0.3, -0.25) is 14.6 Å². The predicted octanol–water partition coefficient (Wildman–Crippen LogP) is -2.15. The molecule has 204 valence electrons. The molecular weight excluding hydrogens is 466 g/mol. The number of ether oxygens (including phenoxy) is 6. The van der Waals surface area contributed by atoms with E-state index in [0.717, 1.165) is 0 Å². The molecule has 14 heteroatoms. The van der Waals surface area contributed by atoms with Crippen LogP contribution in [-0.2, 0) is 38.0 Å². The number of nitrogens with zero attached hydrogens (tertiary/aromatic N) is 2. The lowest BCUT2D eigenvalue weighted by molar-refractivity contribution is -0.124. The summed E-state index contributed by atoms with van der Waals surface area (Å²) in [4.78, 5) is 25.5. The molecule has 0 aliphatic carbocycles. The fraction of sp³-hybridized carbons (Fsp3) is 0.810. The Morgan fingerprint density at radius 2 is 1.29 bits per heavy atom. The van der Waals surface area contributed by atoms with Crippen molar-refractivity contribution in [3.8, 4) is 0 Å². The van der Waals surface area contributed by atoms with Crippen molar-refractivity contribution in [2.45, 2.75) is 12.8 Å². The first-order valence-corrected chi connectivity index (χ1v) is 11.5. The van der Waals surface area contributed by atoms with Gasteiger partial charge in [0.2, 0.25) is 11.8 Å². The summed E-state index contributed by atoms with van der Waals surface area (Å²) in [6.07, 6.45) is 2.39. The average Bonchev–Trinajstić information content (AvgIpc) is 2.85. The van der Waals surface area contributed by atoms with Crippen LogP contribution >= 0.6 is 0 Å². The minimum atomic E-state index is -0.522. The third kappa shape index (κ3) is 26.2. The Kier molecular flexibility index (Phi) is 24.7. The molecule has 2 amide bonds. The predicted molar refractivity (Wildman–Crippen MR) is 128 cm³/mol. The average molecular weight is 508 g/mol. The quantitative estimate of drug-likeness (QED) is 0.0433. The summed E-state index contributed by atoms with van der Waals surface area (Å²) in [6.45, 7) is 5.22. The summed E-state index contributed by atoms with van der Waals surface area (Å²) in [5.41, 5.74) is 5.55. The second-order valence-corrected chi connectivity index (χ2v) is 6.85. The van der Waals surface area contributed by atoms with Gasteiger partial charge in [-0.2, -0.15) is 5.10 Å². The Hall–Kier alpha value is -2.20. The van der Waals surface area contributed by atoms with Gasteiger partial charge in [0.1, 0.15) is 12.3 Å². The number of aliphatic hydroxyl groups excluding tert-OH is 1. The third-order valence-corrected chi connectivity index (χ3v) is 3.94. The topological polar surface area (TPSA) is 199 Å². The molecule has 0 fully saturated rings. The molecule has 0 aliphatic rings. The number of nitrogens with two attached hydrogens (primary N) is 2. The number of carbonyl (C=O) groups excluding carboxylic acids is 2. The van der Waals surface area contributed by atoms with E-state index >= 15 is 0 Å². The standard InChI is InChI=1S/C21H41N5O9/c22-20(28)2-1-3-24-16-19(26-23)18-35-15-14-34-13-12-33-11-10-32-9-8-31-7-6-30-5-4-25-21(29)17-27/h16,27H,1-15,17-18,23H2,(H2,22,28)(H,25,29)/b24-16?,26-19+. The molecule has 0 radical (unpaired) electrons. The van der Waals surface area contributed by atoms with E-state index in [1.807, 2.05) is 0 Å². The number of hydrogen-bond acceptors (Lipinski definition) is 12. The molecule has 6 N–H and O–H groups in total. The van der Waals surface area contributed by atoms with E-state index in [1.54, 1.807) is 0 Å². The third-order valence-electron chi connectivity index (χ3n) is 3.94. The highest BCUT2D eigenvalue weighted by molar-refractivity contribution is 6.31. The lowest BCUT2D eigenvalue weighted by Gasteiger charge is -2.08. The van der Waals surface area contributed by atoms with Gasteiger partial charge in [-0.05, 0) is 6.42 Å². The molecule has 0 aromatic rings. The van der Waals surface area contributed by atoms with Crippen molar-refractivity contribution in [3.05, 3.63) is 0 Å². The number of nitrogens with one attached hydrogen (secondary N) is 1. The maximum atomic E-state index is 10.8. The highest BCUT2D eigenvalue weighted by Crippen LogP contribution is 1.89. The summed E-state index contributed by atoms with van der Waals surface area (Å²) < 4.78 is 32.2. The fourth-order valence-electron chi connectivity index (χ4n) is 2.22. The Morgan fingerprint density at radius 3 is 1.74 bits per heavy atom. The van der Waals surface area contributed by atoms with E-state index < -0.39 is 12.5 Å². The number of rotatable bonds is 26. The van der Waals surface area contributed by atoms with Crippen molar-refractivity contribution in [1.82, 2.24) is 5.32 Å². The molecule has 0 saturated carbocycles. The van der Waals surface area contributed by atoms with E-state index in [-0.39, 0.29) is 12.5 Å². The van der Waals surface area contributed by atoms with Crippen molar-refractivity contribution in [3.63, 3.8) is 0 Å². The van der Waals surface area contributed by atoms with Crippen LogP contribution in [0.5, 0.6) is 0 Å². The molecule has 35 heavy (non-hydrogen) atoms. The molecule has 0 saturated heterocycles. The molecule has 0 heterocycles. The number of carbonyl (C=O) groups is 2. The second-order valence-electron chi connectivity index (χ2n) is 6.85. The normalized spacial score (nSPS) is 11.9. The van der Waals surface area contributed by atoms with Crippen LogP contribution in [0.3, 0.4) is 0 Å². The lowest BCUT2D eigenvalue weighted by atomic mass is 10.3. The molecule has 0 aromatic carbocycles. The Balaban J connectivity index is 3.28. The smallest absolute Gasteiger partial charge is 0.245 e. The number of hydrazone groups is 1. The van der Waals surface area contributed by atoms with Crippen molar-refractivity contribution in [1.29, 1.82) is 0 Å². The lowest BCUT2D eigenvalue weighted by Crippen LogP contribution is -2.29. The fourth-order valence-corrected chi connectivity index (χ4v) is 2.22. The Morgan fingerprint density at radius 1 is 0.800 bits per heavy atom. The zero-order valence-corrected chi connectivity index (χ0v) is 20.4. The molecule has 0 unspecified atom stereocenters. The van der Waals surface area contributed by atoms with Gasteiger partial charge in [0.25, 0.3) is 0 Å². The number of aliphatic hydroxyl groups is 1. The summed E-state index contributed by atoms with van der Waals surface area (Å²) in [6, 6.07) is 0. The van der Waals surface area contributed by atoms with Crippen LogP contribution in [0.1, 0.15) is 12.8 Å². The zero-order valence-electron chi connectivity index (χ0n) is 20.4. The van der Waals surface area contributed by atoms with Crippen molar-refractivity contribution < 1.29 is 43.1 Å². The molecule has 0 rings (SSSR count). The van der Waals surface area contributed by atoms with Crippen LogP contribution in [0, 0.1) is 0 Å². The Labute approximate surface area is 206 Å². The van der Waals surface area contributed by atoms with Gasteiger partial charge >= 0.3 is 0 Å². The maximum absolute atomic E-state index is 10.8. The van der Waals surface area contributed by atoms with Crippen LogP contribution in [0.4, 0.5) is 0 Å². The SMILES string of the molecule is N/N=C(\C=NCCCC(N)=O)COCCOCCOCCOCCOCCOCCNC(=O)CO. The first-order chi connectivity index (χ1) is 17.1. The van der Waals surface area contributed by atoms with Gasteiger partial charge in [0.05, 0.1) is 79.3 Å². The van der Waals surface area contributed by atoms with E-state index in [0.29, 0.717) is 104 Å². The summed E-state index contributed by atoms with van der Waals surface area (Å²) in [5.74, 6) is 4.51. The maximum Gasteiger partial charge on any atom is 0.245 e.